The minimum absolute atomic E-state index is 0.793. The molecule has 0 bridgehead atoms. The van der Waals surface area contributed by atoms with Gasteiger partial charge < -0.3 is 5.32 Å². The van der Waals surface area contributed by atoms with Gasteiger partial charge in [0, 0.05) is 26.5 Å². The average molecular weight is 480 g/mol. The summed E-state index contributed by atoms with van der Waals surface area (Å²) in [5.41, 5.74) is 1.29. The number of benzene rings is 1. The Labute approximate surface area is 184 Å². The summed E-state index contributed by atoms with van der Waals surface area (Å²) in [7, 11) is 0. The first-order chi connectivity index (χ1) is 13.5. The fourth-order valence-electron chi connectivity index (χ4n) is 3.01. The van der Waals surface area contributed by atoms with Gasteiger partial charge in [-0.15, -0.1) is 23.1 Å². The molecular formula is C21H27BrN4S2. The van der Waals surface area contributed by atoms with Crippen LogP contribution in [-0.4, -0.2) is 40.3 Å². The van der Waals surface area contributed by atoms with E-state index in [4.69, 9.17) is 9.97 Å². The van der Waals surface area contributed by atoms with Crippen molar-refractivity contribution in [2.24, 2.45) is 0 Å². The van der Waals surface area contributed by atoms with Gasteiger partial charge in [0.25, 0.3) is 0 Å². The van der Waals surface area contributed by atoms with Crippen LogP contribution in [0.4, 0.5) is 5.82 Å². The van der Waals surface area contributed by atoms with Crippen molar-refractivity contribution in [1.82, 2.24) is 14.9 Å². The number of fused-ring (bicyclic) bond motifs is 1. The Morgan fingerprint density at radius 1 is 1.11 bits per heavy atom. The Hall–Kier alpha value is -1.15. The monoisotopic (exact) mass is 478 g/mol. The summed E-state index contributed by atoms with van der Waals surface area (Å²) in [6.45, 7) is 12.4. The van der Waals surface area contributed by atoms with Crippen molar-refractivity contribution in [3.63, 3.8) is 0 Å². The second-order valence-corrected chi connectivity index (χ2v) is 9.93. The third-order valence-electron chi connectivity index (χ3n) is 4.81. The number of aryl methyl sites for hydroxylation is 2. The van der Waals surface area contributed by atoms with Crippen molar-refractivity contribution in [2.75, 3.05) is 30.7 Å². The van der Waals surface area contributed by atoms with Crippen molar-refractivity contribution in [3.8, 4) is 0 Å². The van der Waals surface area contributed by atoms with E-state index in [1.807, 2.05) is 11.8 Å². The number of hydrogen-bond acceptors (Lipinski definition) is 6. The minimum Gasteiger partial charge on any atom is -0.369 e. The third kappa shape index (κ3) is 5.26. The molecular weight excluding hydrogens is 452 g/mol. The van der Waals surface area contributed by atoms with Gasteiger partial charge in [0.1, 0.15) is 16.5 Å². The number of hydrogen-bond donors (Lipinski definition) is 1. The normalized spacial score (nSPS) is 11.5. The van der Waals surface area contributed by atoms with E-state index in [1.165, 1.54) is 20.7 Å². The first kappa shape index (κ1) is 21.6. The molecule has 2 heterocycles. The number of thioether (sulfide) groups is 1. The Morgan fingerprint density at radius 3 is 2.50 bits per heavy atom. The lowest BCUT2D eigenvalue weighted by Crippen LogP contribution is -2.23. The van der Waals surface area contributed by atoms with Crippen LogP contribution < -0.4 is 5.32 Å². The fraction of sp³-hybridized carbons (Fsp3) is 0.429. The molecule has 1 aromatic carbocycles. The molecule has 0 aliphatic heterocycles. The minimum atomic E-state index is 0.793. The lowest BCUT2D eigenvalue weighted by atomic mass is 10.2. The highest BCUT2D eigenvalue weighted by atomic mass is 79.9. The molecule has 0 saturated carbocycles. The lowest BCUT2D eigenvalue weighted by Gasteiger charge is -2.17. The molecule has 7 heteroatoms. The Balaban J connectivity index is 1.74. The van der Waals surface area contributed by atoms with E-state index in [0.717, 1.165) is 52.9 Å². The van der Waals surface area contributed by atoms with Crippen LogP contribution in [0.25, 0.3) is 10.2 Å². The average Bonchev–Trinajstić information content (AvgIpc) is 2.98. The molecule has 3 aromatic rings. The molecule has 0 atom stereocenters. The van der Waals surface area contributed by atoms with Gasteiger partial charge in [-0.2, -0.15) is 0 Å². The van der Waals surface area contributed by atoms with Gasteiger partial charge >= 0.3 is 0 Å². The first-order valence-corrected chi connectivity index (χ1v) is 12.2. The number of anilines is 1. The predicted molar refractivity (Wildman–Crippen MR) is 127 cm³/mol. The molecule has 0 saturated heterocycles. The van der Waals surface area contributed by atoms with Crippen molar-refractivity contribution in [2.45, 2.75) is 39.1 Å². The summed E-state index contributed by atoms with van der Waals surface area (Å²) in [4.78, 5) is 15.8. The summed E-state index contributed by atoms with van der Waals surface area (Å²) >= 11 is 7.11. The maximum atomic E-state index is 4.89. The van der Waals surface area contributed by atoms with Crippen molar-refractivity contribution in [1.29, 1.82) is 0 Å². The summed E-state index contributed by atoms with van der Waals surface area (Å²) in [5, 5.41) is 4.76. The fourth-order valence-corrected chi connectivity index (χ4v) is 5.09. The zero-order valence-electron chi connectivity index (χ0n) is 16.9. The maximum absolute atomic E-state index is 4.89. The molecule has 28 heavy (non-hydrogen) atoms. The highest BCUT2D eigenvalue weighted by molar-refractivity contribution is 9.10. The van der Waals surface area contributed by atoms with E-state index in [9.17, 15) is 0 Å². The zero-order valence-corrected chi connectivity index (χ0v) is 20.1. The third-order valence-corrected chi connectivity index (χ3v) is 7.45. The second-order valence-electron chi connectivity index (χ2n) is 6.64. The van der Waals surface area contributed by atoms with Crippen LogP contribution in [0.3, 0.4) is 0 Å². The molecule has 1 N–H and O–H groups in total. The standard InChI is InChI=1S/C21H27BrN4S2/c1-5-26(6-2)13-18-24-20(19-14(3)15(4)28-21(19)25-18)23-11-12-27-17-9-7-16(22)8-10-17/h7-10H,5-6,11-13H2,1-4H3,(H,23,24,25). The van der Waals surface area contributed by atoms with E-state index in [1.54, 1.807) is 11.3 Å². The number of halogens is 1. The lowest BCUT2D eigenvalue weighted by molar-refractivity contribution is 0.289. The highest BCUT2D eigenvalue weighted by Crippen LogP contribution is 2.33. The Kier molecular flexibility index (Phi) is 7.74. The number of thiophene rings is 1. The van der Waals surface area contributed by atoms with Crippen LogP contribution in [0.2, 0.25) is 0 Å². The van der Waals surface area contributed by atoms with Crippen LogP contribution >= 0.6 is 39.0 Å². The molecule has 2 aromatic heterocycles. The molecule has 0 aliphatic rings. The van der Waals surface area contributed by atoms with Crippen molar-refractivity contribution < 1.29 is 0 Å². The molecule has 0 unspecified atom stereocenters. The van der Waals surface area contributed by atoms with Crippen LogP contribution in [0.15, 0.2) is 33.6 Å². The predicted octanol–water partition coefficient (Wildman–Crippen LogP) is 6.12. The van der Waals surface area contributed by atoms with Gasteiger partial charge in [0.05, 0.1) is 11.9 Å². The van der Waals surface area contributed by atoms with Gasteiger partial charge in [-0.3, -0.25) is 4.90 Å². The summed E-state index contributed by atoms with van der Waals surface area (Å²) < 4.78 is 1.11. The van der Waals surface area contributed by atoms with E-state index < -0.39 is 0 Å². The molecule has 0 amide bonds. The molecule has 4 nitrogen and oxygen atoms in total. The number of rotatable bonds is 9. The van der Waals surface area contributed by atoms with E-state index >= 15 is 0 Å². The van der Waals surface area contributed by atoms with Crippen LogP contribution in [-0.2, 0) is 6.54 Å². The van der Waals surface area contributed by atoms with Crippen molar-refractivity contribution >= 4 is 55.1 Å². The number of nitrogens with zero attached hydrogens (tertiary/aromatic N) is 3. The van der Waals surface area contributed by atoms with Crippen LogP contribution in [0.1, 0.15) is 30.1 Å². The van der Waals surface area contributed by atoms with Gasteiger partial charge in [-0.25, -0.2) is 9.97 Å². The number of nitrogens with one attached hydrogen (secondary N) is 1. The molecule has 0 fully saturated rings. The Morgan fingerprint density at radius 2 is 1.82 bits per heavy atom. The SMILES string of the molecule is CCN(CC)Cc1nc(NCCSc2ccc(Br)cc2)c2c(C)c(C)sc2n1. The van der Waals surface area contributed by atoms with Crippen LogP contribution in [0, 0.1) is 13.8 Å². The van der Waals surface area contributed by atoms with Gasteiger partial charge in [0.2, 0.25) is 0 Å². The quantitative estimate of drug-likeness (QED) is 0.296. The van der Waals surface area contributed by atoms with Gasteiger partial charge in [-0.1, -0.05) is 29.8 Å². The second kappa shape index (κ2) is 10.1. The van der Waals surface area contributed by atoms with Crippen molar-refractivity contribution in [3.05, 3.63) is 45.0 Å². The molecule has 0 spiro atoms. The molecule has 3 rings (SSSR count). The largest absolute Gasteiger partial charge is 0.369 e. The topological polar surface area (TPSA) is 41.1 Å². The maximum Gasteiger partial charge on any atom is 0.146 e. The van der Waals surface area contributed by atoms with Gasteiger partial charge in [-0.05, 0) is 56.8 Å². The summed E-state index contributed by atoms with van der Waals surface area (Å²) in [6.07, 6.45) is 0. The highest BCUT2D eigenvalue weighted by Gasteiger charge is 2.15. The zero-order chi connectivity index (χ0) is 20.1. The Bertz CT molecular complexity index is 920. The van der Waals surface area contributed by atoms with Crippen LogP contribution in [0.5, 0.6) is 0 Å². The van der Waals surface area contributed by atoms with E-state index in [-0.39, 0.29) is 0 Å². The molecule has 0 aliphatic carbocycles. The van der Waals surface area contributed by atoms with E-state index in [0.29, 0.717) is 0 Å². The summed E-state index contributed by atoms with van der Waals surface area (Å²) in [6, 6.07) is 8.46. The van der Waals surface area contributed by atoms with Gasteiger partial charge in [0.15, 0.2) is 0 Å². The smallest absolute Gasteiger partial charge is 0.146 e. The number of aromatic nitrogens is 2. The first-order valence-electron chi connectivity index (χ1n) is 9.63. The summed E-state index contributed by atoms with van der Waals surface area (Å²) in [5.74, 6) is 2.87. The molecule has 0 radical (unpaired) electrons. The molecule has 150 valence electrons. The van der Waals surface area contributed by atoms with E-state index in [2.05, 4.69) is 78.1 Å².